The summed E-state index contributed by atoms with van der Waals surface area (Å²) in [6.45, 7) is 4.62. The molecule has 0 atom stereocenters. The van der Waals surface area contributed by atoms with E-state index in [1.54, 1.807) is 13.0 Å². The van der Waals surface area contributed by atoms with Crippen LogP contribution in [0, 0.1) is 0 Å². The van der Waals surface area contributed by atoms with Gasteiger partial charge in [0.15, 0.2) is 0 Å². The predicted octanol–water partition coefficient (Wildman–Crippen LogP) is 7.25. The molecule has 1 rings (SSSR count). The molecule has 1 aromatic carbocycles. The van der Waals surface area contributed by atoms with Crippen LogP contribution in [-0.4, -0.2) is 17.7 Å². The lowest BCUT2D eigenvalue weighted by atomic mass is 10.1. The largest absolute Gasteiger partial charge is 0.494 e. The number of ether oxygens (including phenoxy) is 1. The summed E-state index contributed by atoms with van der Waals surface area (Å²) in [7, 11) is 0. The quantitative estimate of drug-likeness (QED) is 0.245. The summed E-state index contributed by atoms with van der Waals surface area (Å²) in [6, 6.07) is 7.59. The Morgan fingerprint density at radius 1 is 0.852 bits per heavy atom. The standard InChI is InChI=1S/C24H38O3/c1-3-4-5-6-7-8-9-10-11-12-13-14-19-27-23-17-15-22(16-18-23)20-21(2)24(25)26/h15-18,20H,3-14,19H2,1-2H3,(H,25,26)/b21-20+. The number of rotatable bonds is 16. The Kier molecular flexibility index (Phi) is 13.2. The average molecular weight is 375 g/mol. The summed E-state index contributed by atoms with van der Waals surface area (Å²) < 4.78 is 5.77. The SMILES string of the molecule is CCCCCCCCCCCCCCOc1ccc(/C=C(\C)C(=O)O)cc1. The zero-order chi connectivity index (χ0) is 19.7. The topological polar surface area (TPSA) is 46.5 Å². The first-order valence-corrected chi connectivity index (χ1v) is 10.8. The second-order valence-corrected chi connectivity index (χ2v) is 7.44. The van der Waals surface area contributed by atoms with Crippen molar-refractivity contribution in [1.82, 2.24) is 0 Å². The Hall–Kier alpha value is -1.77. The van der Waals surface area contributed by atoms with Crippen molar-refractivity contribution in [2.45, 2.75) is 90.9 Å². The third kappa shape index (κ3) is 12.3. The number of aliphatic carboxylic acids is 1. The summed E-state index contributed by atoms with van der Waals surface area (Å²) in [6.07, 6.45) is 17.8. The predicted molar refractivity (Wildman–Crippen MR) is 114 cm³/mol. The van der Waals surface area contributed by atoms with Crippen LogP contribution in [0.4, 0.5) is 0 Å². The van der Waals surface area contributed by atoms with E-state index in [4.69, 9.17) is 9.84 Å². The fourth-order valence-electron chi connectivity index (χ4n) is 3.11. The normalized spacial score (nSPS) is 11.6. The van der Waals surface area contributed by atoms with Crippen LogP contribution in [0.2, 0.25) is 0 Å². The number of carbonyl (C=O) groups is 1. The van der Waals surface area contributed by atoms with Crippen LogP contribution in [0.25, 0.3) is 6.08 Å². The fraction of sp³-hybridized carbons (Fsp3) is 0.625. The van der Waals surface area contributed by atoms with Gasteiger partial charge in [0.2, 0.25) is 0 Å². The Balaban J connectivity index is 1.99. The van der Waals surface area contributed by atoms with Crippen LogP contribution in [0.1, 0.15) is 96.5 Å². The molecule has 0 fully saturated rings. The van der Waals surface area contributed by atoms with Gasteiger partial charge in [0, 0.05) is 5.57 Å². The van der Waals surface area contributed by atoms with Crippen molar-refractivity contribution >= 4 is 12.0 Å². The molecule has 0 aliphatic rings. The molecule has 0 unspecified atom stereocenters. The molecule has 0 aliphatic carbocycles. The summed E-state index contributed by atoms with van der Waals surface area (Å²) >= 11 is 0. The fourth-order valence-corrected chi connectivity index (χ4v) is 3.11. The van der Waals surface area contributed by atoms with Gasteiger partial charge in [0.25, 0.3) is 0 Å². The maximum atomic E-state index is 10.8. The Labute approximate surface area is 165 Å². The maximum Gasteiger partial charge on any atom is 0.331 e. The molecule has 0 saturated carbocycles. The van der Waals surface area contributed by atoms with Gasteiger partial charge in [-0.25, -0.2) is 4.79 Å². The number of benzene rings is 1. The van der Waals surface area contributed by atoms with Crippen molar-refractivity contribution in [2.24, 2.45) is 0 Å². The summed E-state index contributed by atoms with van der Waals surface area (Å²) in [5, 5.41) is 8.89. The molecule has 27 heavy (non-hydrogen) atoms. The van der Waals surface area contributed by atoms with E-state index < -0.39 is 5.97 Å². The van der Waals surface area contributed by atoms with Crippen LogP contribution in [0.15, 0.2) is 29.8 Å². The molecule has 1 aromatic rings. The monoisotopic (exact) mass is 374 g/mol. The Bertz CT molecular complexity index is 531. The lowest BCUT2D eigenvalue weighted by Crippen LogP contribution is -1.97. The summed E-state index contributed by atoms with van der Waals surface area (Å²) in [5.41, 5.74) is 1.22. The molecule has 0 amide bonds. The van der Waals surface area contributed by atoms with E-state index in [0.29, 0.717) is 5.57 Å². The zero-order valence-corrected chi connectivity index (χ0v) is 17.3. The van der Waals surface area contributed by atoms with Crippen molar-refractivity contribution in [3.8, 4) is 5.75 Å². The summed E-state index contributed by atoms with van der Waals surface area (Å²) in [4.78, 5) is 10.8. The first-order chi connectivity index (χ1) is 13.1. The molecule has 0 bridgehead atoms. The molecule has 1 N–H and O–H groups in total. The molecule has 0 saturated heterocycles. The van der Waals surface area contributed by atoms with Gasteiger partial charge < -0.3 is 9.84 Å². The van der Waals surface area contributed by atoms with E-state index in [9.17, 15) is 4.79 Å². The molecule has 0 heterocycles. The van der Waals surface area contributed by atoms with Crippen LogP contribution in [0.3, 0.4) is 0 Å². The molecule has 0 spiro atoms. The minimum atomic E-state index is -0.887. The van der Waals surface area contributed by atoms with Gasteiger partial charge >= 0.3 is 5.97 Å². The number of carboxylic acid groups (broad SMARTS) is 1. The van der Waals surface area contributed by atoms with E-state index in [-0.39, 0.29) is 0 Å². The molecule has 152 valence electrons. The van der Waals surface area contributed by atoms with Gasteiger partial charge in [-0.2, -0.15) is 0 Å². The summed E-state index contributed by atoms with van der Waals surface area (Å²) in [5.74, 6) is -0.0366. The molecule has 3 heteroatoms. The lowest BCUT2D eigenvalue weighted by molar-refractivity contribution is -0.132. The highest BCUT2D eigenvalue weighted by Gasteiger charge is 2.00. The smallest absolute Gasteiger partial charge is 0.331 e. The first-order valence-electron chi connectivity index (χ1n) is 10.8. The van der Waals surface area contributed by atoms with Gasteiger partial charge in [0.1, 0.15) is 5.75 Å². The number of hydrogen-bond donors (Lipinski definition) is 1. The van der Waals surface area contributed by atoms with Crippen molar-refractivity contribution in [3.05, 3.63) is 35.4 Å². The van der Waals surface area contributed by atoms with Gasteiger partial charge in [-0.05, 0) is 37.1 Å². The van der Waals surface area contributed by atoms with E-state index in [0.717, 1.165) is 24.3 Å². The van der Waals surface area contributed by atoms with E-state index in [1.165, 1.54) is 70.6 Å². The zero-order valence-electron chi connectivity index (χ0n) is 17.3. The molecule has 0 radical (unpaired) electrons. The van der Waals surface area contributed by atoms with E-state index >= 15 is 0 Å². The van der Waals surface area contributed by atoms with E-state index in [2.05, 4.69) is 6.92 Å². The average Bonchev–Trinajstić information content (AvgIpc) is 2.66. The third-order valence-corrected chi connectivity index (χ3v) is 4.87. The number of unbranched alkanes of at least 4 members (excludes halogenated alkanes) is 11. The van der Waals surface area contributed by atoms with Crippen LogP contribution < -0.4 is 4.74 Å². The van der Waals surface area contributed by atoms with Crippen LogP contribution in [-0.2, 0) is 4.79 Å². The second-order valence-electron chi connectivity index (χ2n) is 7.44. The van der Waals surface area contributed by atoms with Gasteiger partial charge in [-0.3, -0.25) is 0 Å². The van der Waals surface area contributed by atoms with Crippen molar-refractivity contribution in [3.63, 3.8) is 0 Å². The van der Waals surface area contributed by atoms with Crippen molar-refractivity contribution in [2.75, 3.05) is 6.61 Å². The van der Waals surface area contributed by atoms with Gasteiger partial charge in [-0.15, -0.1) is 0 Å². The Morgan fingerprint density at radius 3 is 1.81 bits per heavy atom. The lowest BCUT2D eigenvalue weighted by Gasteiger charge is -2.07. The van der Waals surface area contributed by atoms with Crippen LogP contribution in [0.5, 0.6) is 5.75 Å². The van der Waals surface area contributed by atoms with Crippen molar-refractivity contribution in [1.29, 1.82) is 0 Å². The van der Waals surface area contributed by atoms with Gasteiger partial charge in [-0.1, -0.05) is 89.7 Å². The van der Waals surface area contributed by atoms with Crippen LogP contribution >= 0.6 is 0 Å². The highest BCUT2D eigenvalue weighted by molar-refractivity contribution is 5.91. The highest BCUT2D eigenvalue weighted by Crippen LogP contribution is 2.16. The minimum Gasteiger partial charge on any atom is -0.494 e. The first kappa shape index (κ1) is 23.3. The Morgan fingerprint density at radius 2 is 1.33 bits per heavy atom. The number of hydrogen-bond acceptors (Lipinski definition) is 2. The van der Waals surface area contributed by atoms with Gasteiger partial charge in [0.05, 0.1) is 6.61 Å². The maximum absolute atomic E-state index is 10.8. The van der Waals surface area contributed by atoms with E-state index in [1.807, 2.05) is 24.3 Å². The molecule has 0 aliphatic heterocycles. The van der Waals surface area contributed by atoms with Crippen molar-refractivity contribution < 1.29 is 14.6 Å². The third-order valence-electron chi connectivity index (χ3n) is 4.87. The molecule has 0 aromatic heterocycles. The molecular formula is C24H38O3. The molecule has 3 nitrogen and oxygen atoms in total. The molecular weight excluding hydrogens is 336 g/mol. The highest BCUT2D eigenvalue weighted by atomic mass is 16.5. The minimum absolute atomic E-state index is 0.333. The number of carboxylic acids is 1. The second kappa shape index (κ2) is 15.3.